The van der Waals surface area contributed by atoms with E-state index in [0.29, 0.717) is 21.5 Å². The normalized spacial score (nSPS) is 10.8. The third-order valence-electron chi connectivity index (χ3n) is 6.02. The average molecular weight is 525 g/mol. The number of carbonyl (C=O) groups excluding carboxylic acids is 3. The number of aromatic nitrogens is 1. The highest BCUT2D eigenvalue weighted by molar-refractivity contribution is 7.12. The summed E-state index contributed by atoms with van der Waals surface area (Å²) in [6, 6.07) is 25.0. The third kappa shape index (κ3) is 4.81. The molecule has 0 atom stereocenters. The Morgan fingerprint density at radius 2 is 1.66 bits per heavy atom. The van der Waals surface area contributed by atoms with Crippen molar-refractivity contribution in [3.8, 4) is 11.4 Å². The molecular formula is C30H24N2O5S. The number of carbonyl (C=O) groups is 3. The highest BCUT2D eigenvalue weighted by Crippen LogP contribution is 2.33. The summed E-state index contributed by atoms with van der Waals surface area (Å²) < 4.78 is 13.0. The molecule has 38 heavy (non-hydrogen) atoms. The van der Waals surface area contributed by atoms with Crippen LogP contribution in [0, 0.1) is 6.92 Å². The lowest BCUT2D eigenvalue weighted by molar-refractivity contribution is 0.0527. The summed E-state index contributed by atoms with van der Waals surface area (Å²) >= 11 is 1.31. The lowest BCUT2D eigenvalue weighted by Crippen LogP contribution is -2.16. The van der Waals surface area contributed by atoms with Crippen LogP contribution in [0.3, 0.4) is 0 Å². The molecule has 5 rings (SSSR count). The van der Waals surface area contributed by atoms with Gasteiger partial charge in [0.05, 0.1) is 33.8 Å². The highest BCUT2D eigenvalue weighted by Gasteiger charge is 2.23. The first kappa shape index (κ1) is 25.0. The number of nitrogens with one attached hydrogen (secondary N) is 1. The Bertz CT molecular complexity index is 1640. The lowest BCUT2D eigenvalue weighted by atomic mass is 10.1. The maximum Gasteiger partial charge on any atom is 0.345 e. The molecular weight excluding hydrogens is 500 g/mol. The molecule has 0 fully saturated rings. The molecule has 2 aromatic heterocycles. The molecule has 0 aliphatic rings. The molecule has 0 aliphatic carbocycles. The number of rotatable bonds is 7. The van der Waals surface area contributed by atoms with E-state index in [1.54, 1.807) is 55.5 Å². The smallest absolute Gasteiger partial charge is 0.345 e. The summed E-state index contributed by atoms with van der Waals surface area (Å²) in [6.45, 7) is 3.85. The van der Waals surface area contributed by atoms with E-state index in [2.05, 4.69) is 5.32 Å². The molecule has 190 valence electrons. The van der Waals surface area contributed by atoms with Crippen molar-refractivity contribution < 1.29 is 23.9 Å². The van der Waals surface area contributed by atoms with E-state index in [1.807, 2.05) is 53.3 Å². The number of fused-ring (bicyclic) bond motifs is 1. The van der Waals surface area contributed by atoms with Crippen LogP contribution in [0.15, 0.2) is 90.3 Å². The maximum atomic E-state index is 13.2. The van der Waals surface area contributed by atoms with Crippen LogP contribution in [0.5, 0.6) is 5.75 Å². The van der Waals surface area contributed by atoms with Crippen LogP contribution in [0.2, 0.25) is 0 Å². The van der Waals surface area contributed by atoms with Crippen molar-refractivity contribution in [2.24, 2.45) is 0 Å². The van der Waals surface area contributed by atoms with Crippen LogP contribution in [-0.2, 0) is 4.74 Å². The minimum atomic E-state index is -0.636. The number of nitrogens with zero attached hydrogens (tertiary/aromatic N) is 1. The second-order valence-corrected chi connectivity index (χ2v) is 9.35. The predicted octanol–water partition coefficient (Wildman–Crippen LogP) is 6.65. The van der Waals surface area contributed by atoms with Gasteiger partial charge in [-0.05, 0) is 67.8 Å². The quantitative estimate of drug-likeness (QED) is 0.190. The van der Waals surface area contributed by atoms with E-state index in [9.17, 15) is 14.4 Å². The minimum Gasteiger partial charge on any atom is -0.462 e. The van der Waals surface area contributed by atoms with Crippen molar-refractivity contribution in [2.45, 2.75) is 13.8 Å². The van der Waals surface area contributed by atoms with Gasteiger partial charge in [0.15, 0.2) is 0 Å². The van der Waals surface area contributed by atoms with Gasteiger partial charge in [0.2, 0.25) is 0 Å². The van der Waals surface area contributed by atoms with E-state index in [4.69, 9.17) is 9.47 Å². The molecule has 0 saturated carbocycles. The van der Waals surface area contributed by atoms with Crippen LogP contribution in [-0.4, -0.2) is 29.0 Å². The number of hydrogen-bond acceptors (Lipinski definition) is 6. The van der Waals surface area contributed by atoms with E-state index >= 15 is 0 Å². The van der Waals surface area contributed by atoms with E-state index in [-0.39, 0.29) is 23.8 Å². The van der Waals surface area contributed by atoms with E-state index in [1.165, 1.54) is 11.3 Å². The number of amides is 1. The van der Waals surface area contributed by atoms with Gasteiger partial charge < -0.3 is 19.4 Å². The Morgan fingerprint density at radius 3 is 2.39 bits per heavy atom. The number of esters is 2. The molecule has 3 aromatic carbocycles. The molecule has 0 saturated heterocycles. The van der Waals surface area contributed by atoms with Gasteiger partial charge >= 0.3 is 11.9 Å². The maximum absolute atomic E-state index is 13.2. The van der Waals surface area contributed by atoms with Gasteiger partial charge in [0, 0.05) is 16.8 Å². The Kier molecular flexibility index (Phi) is 7.06. The molecule has 1 N–H and O–H groups in total. The fourth-order valence-corrected chi connectivity index (χ4v) is 4.97. The van der Waals surface area contributed by atoms with Crippen LogP contribution in [0.4, 0.5) is 5.69 Å². The fourth-order valence-electron chi connectivity index (χ4n) is 4.36. The number of anilines is 1. The summed E-state index contributed by atoms with van der Waals surface area (Å²) in [4.78, 5) is 39.2. The number of para-hydroxylation sites is 2. The zero-order valence-corrected chi connectivity index (χ0v) is 21.6. The topological polar surface area (TPSA) is 86.6 Å². The van der Waals surface area contributed by atoms with Gasteiger partial charge in [-0.15, -0.1) is 11.3 Å². The van der Waals surface area contributed by atoms with Crippen LogP contribution >= 0.6 is 11.3 Å². The Labute approximate surface area is 223 Å². The molecule has 8 heteroatoms. The van der Waals surface area contributed by atoms with Crippen molar-refractivity contribution in [2.75, 3.05) is 11.9 Å². The van der Waals surface area contributed by atoms with E-state index < -0.39 is 11.9 Å². The molecule has 0 spiro atoms. The summed E-state index contributed by atoms with van der Waals surface area (Å²) in [5.74, 6) is -1.13. The second-order valence-electron chi connectivity index (χ2n) is 8.40. The largest absolute Gasteiger partial charge is 0.462 e. The zero-order chi connectivity index (χ0) is 26.6. The van der Waals surface area contributed by atoms with Gasteiger partial charge in [-0.25, -0.2) is 9.59 Å². The summed E-state index contributed by atoms with van der Waals surface area (Å²) in [7, 11) is 0. The molecule has 0 bridgehead atoms. The molecule has 7 nitrogen and oxygen atoms in total. The van der Waals surface area contributed by atoms with E-state index in [0.717, 1.165) is 16.9 Å². The minimum absolute atomic E-state index is 0.209. The Balaban J connectivity index is 1.50. The molecule has 0 aliphatic heterocycles. The molecule has 2 heterocycles. The van der Waals surface area contributed by atoms with Gasteiger partial charge in [0.1, 0.15) is 5.75 Å². The first-order valence-corrected chi connectivity index (χ1v) is 12.9. The third-order valence-corrected chi connectivity index (χ3v) is 6.89. The SMILES string of the molecule is CCOC(=O)c1c(C)n(-c2ccccc2)c2ccc(OC(=O)c3ccccc3NC(=O)c3cccs3)cc12. The lowest BCUT2D eigenvalue weighted by Gasteiger charge is -2.11. The van der Waals surface area contributed by atoms with Crippen molar-refractivity contribution in [3.05, 3.63) is 112 Å². The van der Waals surface area contributed by atoms with Crippen molar-refractivity contribution >= 4 is 45.8 Å². The molecule has 5 aromatic rings. The molecule has 1 amide bonds. The number of benzene rings is 3. The fraction of sp³-hybridized carbons (Fsp3) is 0.100. The van der Waals surface area contributed by atoms with Gasteiger partial charge in [-0.2, -0.15) is 0 Å². The molecule has 0 unspecified atom stereocenters. The average Bonchev–Trinajstić information content (AvgIpc) is 3.56. The second kappa shape index (κ2) is 10.7. The number of hydrogen-bond donors (Lipinski definition) is 1. The van der Waals surface area contributed by atoms with Crippen molar-refractivity contribution in [1.29, 1.82) is 0 Å². The van der Waals surface area contributed by atoms with Crippen LogP contribution < -0.4 is 10.1 Å². The van der Waals surface area contributed by atoms with Gasteiger partial charge in [0.25, 0.3) is 5.91 Å². The number of thiophene rings is 1. The van der Waals surface area contributed by atoms with Crippen LogP contribution in [0.1, 0.15) is 43.0 Å². The molecule has 0 radical (unpaired) electrons. The summed E-state index contributed by atoms with van der Waals surface area (Å²) in [5.41, 5.74) is 3.35. The number of ether oxygens (including phenoxy) is 2. The first-order chi connectivity index (χ1) is 18.5. The summed E-state index contributed by atoms with van der Waals surface area (Å²) in [6.07, 6.45) is 0. The van der Waals surface area contributed by atoms with Crippen molar-refractivity contribution in [1.82, 2.24) is 4.57 Å². The van der Waals surface area contributed by atoms with Crippen LogP contribution in [0.25, 0.3) is 16.6 Å². The van der Waals surface area contributed by atoms with Gasteiger partial charge in [-0.3, -0.25) is 4.79 Å². The Hall–Kier alpha value is -4.69. The monoisotopic (exact) mass is 524 g/mol. The summed E-state index contributed by atoms with van der Waals surface area (Å²) in [5, 5.41) is 5.20. The zero-order valence-electron chi connectivity index (χ0n) is 20.8. The standard InChI is InChI=1S/C30H24N2O5S/c1-3-36-30(35)27-19(2)32(20-10-5-4-6-11-20)25-16-15-21(18-23(25)27)37-29(34)22-12-7-8-13-24(22)31-28(33)26-14-9-17-38-26/h4-18H,3H2,1-2H3,(H,31,33). The Morgan fingerprint density at radius 1 is 0.895 bits per heavy atom. The highest BCUT2D eigenvalue weighted by atomic mass is 32.1. The van der Waals surface area contributed by atoms with Gasteiger partial charge in [-0.1, -0.05) is 36.4 Å². The van der Waals surface area contributed by atoms with Crippen molar-refractivity contribution in [3.63, 3.8) is 0 Å². The first-order valence-electron chi connectivity index (χ1n) is 12.0. The predicted molar refractivity (Wildman–Crippen MR) is 148 cm³/mol.